The molecule has 0 amide bonds. The van der Waals surface area contributed by atoms with Gasteiger partial charge in [0.05, 0.1) is 10.8 Å². The van der Waals surface area contributed by atoms with Crippen molar-refractivity contribution in [1.82, 2.24) is 19.5 Å². The molecule has 9 heteroatoms. The highest BCUT2D eigenvalue weighted by molar-refractivity contribution is 7.89. The van der Waals surface area contributed by atoms with E-state index in [2.05, 4.69) is 15.2 Å². The Labute approximate surface area is 178 Å². The van der Waals surface area contributed by atoms with Gasteiger partial charge in [0.1, 0.15) is 11.5 Å². The molecule has 0 radical (unpaired) electrons. The fraction of sp³-hybridized carbons (Fsp3) is 0.227. The van der Waals surface area contributed by atoms with Crippen molar-refractivity contribution in [2.24, 2.45) is 0 Å². The molecule has 4 aromatic rings. The molecule has 3 heterocycles. The largest absolute Gasteiger partial charge is 0.419 e. The smallest absolute Gasteiger partial charge is 0.266 e. The fourth-order valence-electron chi connectivity index (χ4n) is 3.92. The van der Waals surface area contributed by atoms with Crippen molar-refractivity contribution in [2.75, 3.05) is 13.1 Å². The van der Waals surface area contributed by atoms with Crippen LogP contribution in [0.4, 0.5) is 4.39 Å². The van der Waals surface area contributed by atoms with Gasteiger partial charge in [0.25, 0.3) is 5.89 Å². The summed E-state index contributed by atoms with van der Waals surface area (Å²) in [5.74, 6) is -0.145. The molecular weight excluding hydrogens is 419 g/mol. The molecule has 1 fully saturated rings. The molecule has 5 rings (SSSR count). The van der Waals surface area contributed by atoms with Crippen LogP contribution >= 0.6 is 0 Å². The van der Waals surface area contributed by atoms with Gasteiger partial charge in [-0.15, -0.1) is 10.2 Å². The summed E-state index contributed by atoms with van der Waals surface area (Å²) >= 11 is 0. The van der Waals surface area contributed by atoms with Crippen LogP contribution in [0.2, 0.25) is 0 Å². The lowest BCUT2D eigenvalue weighted by Gasteiger charge is -2.30. The third kappa shape index (κ3) is 3.70. The van der Waals surface area contributed by atoms with E-state index in [9.17, 15) is 12.8 Å². The number of hydrogen-bond donors (Lipinski definition) is 0. The number of pyridine rings is 1. The number of aromatic nitrogens is 3. The summed E-state index contributed by atoms with van der Waals surface area (Å²) in [4.78, 5) is 4.34. The van der Waals surface area contributed by atoms with Gasteiger partial charge in [-0.05, 0) is 42.5 Å². The van der Waals surface area contributed by atoms with Gasteiger partial charge in [-0.1, -0.05) is 30.3 Å². The first-order valence-corrected chi connectivity index (χ1v) is 11.4. The molecular formula is C22H19FN4O3S. The van der Waals surface area contributed by atoms with Crippen LogP contribution in [0.3, 0.4) is 0 Å². The Morgan fingerprint density at radius 3 is 2.81 bits per heavy atom. The minimum Gasteiger partial charge on any atom is -0.419 e. The average Bonchev–Trinajstić information content (AvgIpc) is 3.29. The van der Waals surface area contributed by atoms with E-state index >= 15 is 0 Å². The Balaban J connectivity index is 1.42. The van der Waals surface area contributed by atoms with E-state index < -0.39 is 15.8 Å². The zero-order chi connectivity index (χ0) is 21.4. The molecule has 2 aromatic heterocycles. The van der Waals surface area contributed by atoms with Crippen LogP contribution in [0.15, 0.2) is 70.1 Å². The zero-order valence-corrected chi connectivity index (χ0v) is 17.3. The highest BCUT2D eigenvalue weighted by Gasteiger charge is 2.33. The van der Waals surface area contributed by atoms with Gasteiger partial charge >= 0.3 is 0 Å². The van der Waals surface area contributed by atoms with E-state index in [0.717, 1.165) is 23.3 Å². The van der Waals surface area contributed by atoms with Crippen LogP contribution < -0.4 is 0 Å². The topological polar surface area (TPSA) is 89.2 Å². The third-order valence-electron chi connectivity index (χ3n) is 5.48. The molecule has 158 valence electrons. The summed E-state index contributed by atoms with van der Waals surface area (Å²) < 4.78 is 46.8. The second-order valence-electron chi connectivity index (χ2n) is 7.49. The van der Waals surface area contributed by atoms with Crippen LogP contribution in [-0.4, -0.2) is 41.0 Å². The normalized spacial score (nSPS) is 17.8. The molecule has 1 atom stereocenters. The second-order valence-corrected chi connectivity index (χ2v) is 9.42. The molecule has 31 heavy (non-hydrogen) atoms. The maximum atomic E-state index is 13.6. The van der Waals surface area contributed by atoms with Gasteiger partial charge < -0.3 is 4.42 Å². The summed E-state index contributed by atoms with van der Waals surface area (Å²) in [6, 6.07) is 14.7. The predicted molar refractivity (Wildman–Crippen MR) is 112 cm³/mol. The van der Waals surface area contributed by atoms with Crippen LogP contribution in [-0.2, 0) is 10.0 Å². The first kappa shape index (κ1) is 19.8. The lowest BCUT2D eigenvalue weighted by Crippen LogP contribution is -2.39. The van der Waals surface area contributed by atoms with Crippen LogP contribution in [0.1, 0.15) is 24.7 Å². The van der Waals surface area contributed by atoms with E-state index in [-0.39, 0.29) is 17.4 Å². The van der Waals surface area contributed by atoms with E-state index in [1.165, 1.54) is 22.5 Å². The summed E-state index contributed by atoms with van der Waals surface area (Å²) in [5, 5.41) is 10.3. The molecule has 0 saturated carbocycles. The van der Waals surface area contributed by atoms with Crippen molar-refractivity contribution >= 4 is 20.8 Å². The predicted octanol–water partition coefficient (Wildman–Crippen LogP) is 3.99. The molecule has 0 aliphatic carbocycles. The Kier molecular flexibility index (Phi) is 4.99. The average molecular weight is 438 g/mol. The number of fused-ring (bicyclic) bond motifs is 1. The molecule has 7 nitrogen and oxygen atoms in total. The summed E-state index contributed by atoms with van der Waals surface area (Å²) in [5.41, 5.74) is 0.594. The van der Waals surface area contributed by atoms with Gasteiger partial charge in [-0.2, -0.15) is 4.31 Å². The van der Waals surface area contributed by atoms with Gasteiger partial charge in [-0.3, -0.25) is 4.98 Å². The maximum absolute atomic E-state index is 13.6. The van der Waals surface area contributed by atoms with Crippen LogP contribution in [0, 0.1) is 5.82 Å². The standard InChI is InChI=1S/C22H19FN4O3S/c23-17-7-3-8-18(13-17)31(28,29)27-12-4-6-16(14-27)21-25-26-22(30-21)20-19-9-2-1-5-15(19)10-11-24-20/h1-3,5,7-11,13,16H,4,6,12,14H2. The number of hydrogen-bond acceptors (Lipinski definition) is 6. The van der Waals surface area contributed by atoms with Crippen LogP contribution in [0.5, 0.6) is 0 Å². The first-order valence-electron chi connectivity index (χ1n) is 9.95. The van der Waals surface area contributed by atoms with Gasteiger partial charge in [-0.25, -0.2) is 12.8 Å². The van der Waals surface area contributed by atoms with Crippen molar-refractivity contribution in [3.63, 3.8) is 0 Å². The van der Waals surface area contributed by atoms with E-state index in [0.29, 0.717) is 30.4 Å². The van der Waals surface area contributed by atoms with Crippen molar-refractivity contribution in [1.29, 1.82) is 0 Å². The monoisotopic (exact) mass is 438 g/mol. The molecule has 1 saturated heterocycles. The first-order chi connectivity index (χ1) is 15.0. The van der Waals surface area contributed by atoms with Crippen molar-refractivity contribution in [2.45, 2.75) is 23.7 Å². The maximum Gasteiger partial charge on any atom is 0.266 e. The van der Waals surface area contributed by atoms with Crippen molar-refractivity contribution in [3.05, 3.63) is 72.5 Å². The number of halogens is 1. The van der Waals surface area contributed by atoms with Crippen molar-refractivity contribution < 1.29 is 17.2 Å². The molecule has 1 aliphatic heterocycles. The molecule has 1 aliphatic rings. The fourth-order valence-corrected chi connectivity index (χ4v) is 5.48. The highest BCUT2D eigenvalue weighted by atomic mass is 32.2. The highest BCUT2D eigenvalue weighted by Crippen LogP contribution is 2.32. The SMILES string of the molecule is O=S(=O)(c1cccc(F)c1)N1CCCC(c2nnc(-c3nccc4ccccc34)o2)C1. The summed E-state index contributed by atoms with van der Waals surface area (Å²) in [6.45, 7) is 0.560. The summed E-state index contributed by atoms with van der Waals surface area (Å²) in [7, 11) is -3.81. The van der Waals surface area contributed by atoms with Crippen molar-refractivity contribution in [3.8, 4) is 11.6 Å². The van der Waals surface area contributed by atoms with E-state index in [1.807, 2.05) is 30.3 Å². The van der Waals surface area contributed by atoms with E-state index in [4.69, 9.17) is 4.42 Å². The second kappa shape index (κ2) is 7.82. The number of nitrogens with zero attached hydrogens (tertiary/aromatic N) is 4. The number of benzene rings is 2. The molecule has 0 spiro atoms. The number of rotatable bonds is 4. The molecule has 1 unspecified atom stereocenters. The van der Waals surface area contributed by atoms with Gasteiger partial charge in [0, 0.05) is 24.7 Å². The molecule has 0 bridgehead atoms. The van der Waals surface area contributed by atoms with Gasteiger partial charge in [0.15, 0.2) is 0 Å². The quantitative estimate of drug-likeness (QED) is 0.479. The lowest BCUT2D eigenvalue weighted by atomic mass is 10.00. The number of sulfonamides is 1. The Bertz CT molecular complexity index is 1350. The summed E-state index contributed by atoms with van der Waals surface area (Å²) in [6.07, 6.45) is 3.05. The Morgan fingerprint density at radius 1 is 1.06 bits per heavy atom. The third-order valence-corrected chi connectivity index (χ3v) is 7.35. The molecule has 0 N–H and O–H groups in total. The lowest BCUT2D eigenvalue weighted by molar-refractivity contribution is 0.286. The molecule has 2 aromatic carbocycles. The van der Waals surface area contributed by atoms with Gasteiger partial charge in [0.2, 0.25) is 15.9 Å². The van der Waals surface area contributed by atoms with E-state index in [1.54, 1.807) is 6.20 Å². The minimum absolute atomic E-state index is 0.0562. The Morgan fingerprint density at radius 2 is 1.94 bits per heavy atom. The van der Waals surface area contributed by atoms with Crippen LogP contribution in [0.25, 0.3) is 22.4 Å². The zero-order valence-electron chi connectivity index (χ0n) is 16.5. The Hall–Kier alpha value is -3.17. The minimum atomic E-state index is -3.81. The number of piperidine rings is 1.